The smallest absolute Gasteiger partial charge is 0.210 e. The van der Waals surface area contributed by atoms with E-state index in [0.29, 0.717) is 21.2 Å². The highest BCUT2D eigenvalue weighted by Crippen LogP contribution is 2.34. The number of thiophene rings is 1. The van der Waals surface area contributed by atoms with Crippen LogP contribution >= 0.6 is 50.5 Å². The Morgan fingerprint density at radius 1 is 1.59 bits per heavy atom. The molecule has 3 nitrogen and oxygen atoms in total. The first-order chi connectivity index (χ1) is 7.86. The summed E-state index contributed by atoms with van der Waals surface area (Å²) in [4.78, 5) is 0. The highest BCUT2D eigenvalue weighted by atomic mass is 79.9. The van der Waals surface area contributed by atoms with Crippen molar-refractivity contribution in [3.05, 3.63) is 14.9 Å². The van der Waals surface area contributed by atoms with Crippen LogP contribution in [0.1, 0.15) is 13.3 Å². The van der Waals surface area contributed by atoms with Crippen LogP contribution in [0.25, 0.3) is 0 Å². The number of rotatable bonds is 6. The molecule has 8 heteroatoms. The molecule has 0 bridgehead atoms. The van der Waals surface area contributed by atoms with Crippen molar-refractivity contribution < 1.29 is 8.42 Å². The summed E-state index contributed by atoms with van der Waals surface area (Å²) in [6, 6.07) is 1.44. The van der Waals surface area contributed by atoms with Gasteiger partial charge in [-0.3, -0.25) is 0 Å². The Hall–Kier alpha value is 0.670. The van der Waals surface area contributed by atoms with Crippen LogP contribution < -0.4 is 4.72 Å². The minimum Gasteiger partial charge on any atom is -0.210 e. The summed E-state index contributed by atoms with van der Waals surface area (Å²) < 4.78 is 27.2. The van der Waals surface area contributed by atoms with Crippen molar-refractivity contribution in [2.45, 2.75) is 17.6 Å². The maximum atomic E-state index is 11.9. The molecule has 0 fully saturated rings. The van der Waals surface area contributed by atoms with E-state index >= 15 is 0 Å². The van der Waals surface area contributed by atoms with Gasteiger partial charge in [0.05, 0.1) is 8.81 Å². The summed E-state index contributed by atoms with van der Waals surface area (Å²) in [6.07, 6.45) is 0.777. The lowest BCUT2D eigenvalue weighted by Crippen LogP contribution is -2.28. The number of hydrogen-bond acceptors (Lipinski definition) is 3. The molecule has 1 aromatic rings. The number of alkyl halides is 1. The lowest BCUT2D eigenvalue weighted by Gasteiger charge is -2.10. The molecule has 0 aliphatic carbocycles. The Morgan fingerprint density at radius 3 is 2.71 bits per heavy atom. The van der Waals surface area contributed by atoms with Gasteiger partial charge in [-0.1, -0.05) is 18.5 Å². The van der Waals surface area contributed by atoms with Crippen molar-refractivity contribution in [1.82, 2.24) is 4.72 Å². The molecule has 0 saturated carbocycles. The molecule has 17 heavy (non-hydrogen) atoms. The molecule has 0 radical (unpaired) electrons. The molecule has 1 atom stereocenters. The van der Waals surface area contributed by atoms with Crippen molar-refractivity contribution in [3.8, 4) is 0 Å². The Bertz CT molecular complexity index is 456. The molecule has 1 rings (SSSR count). The van der Waals surface area contributed by atoms with Crippen LogP contribution in [0.2, 0.25) is 5.02 Å². The van der Waals surface area contributed by atoms with E-state index in [0.717, 1.165) is 17.8 Å². The second-order valence-corrected chi connectivity index (χ2v) is 8.77. The topological polar surface area (TPSA) is 46.2 Å². The zero-order valence-corrected chi connectivity index (χ0v) is 13.8. The normalized spacial score (nSPS) is 13.9. The van der Waals surface area contributed by atoms with Gasteiger partial charge in [-0.15, -0.1) is 22.9 Å². The molecule has 1 N–H and O–H groups in total. The maximum absolute atomic E-state index is 11.9. The number of nitrogens with one attached hydrogen (secondary N) is 1. The summed E-state index contributed by atoms with van der Waals surface area (Å²) in [5, 5.41) is 0.407. The van der Waals surface area contributed by atoms with Crippen molar-refractivity contribution >= 4 is 60.5 Å². The second kappa shape index (κ2) is 6.73. The first kappa shape index (κ1) is 15.7. The van der Waals surface area contributed by atoms with E-state index in [9.17, 15) is 8.42 Å². The van der Waals surface area contributed by atoms with E-state index in [1.165, 1.54) is 6.07 Å². The van der Waals surface area contributed by atoms with E-state index in [4.69, 9.17) is 23.2 Å². The fraction of sp³-hybridized carbons (Fsp3) is 0.556. The molecule has 0 aliphatic rings. The van der Waals surface area contributed by atoms with Crippen LogP contribution in [-0.4, -0.2) is 20.8 Å². The van der Waals surface area contributed by atoms with Crippen LogP contribution in [0, 0.1) is 5.92 Å². The molecule has 98 valence electrons. The molecule has 0 spiro atoms. The summed E-state index contributed by atoms with van der Waals surface area (Å²) in [6.45, 7) is 2.32. The summed E-state index contributed by atoms with van der Waals surface area (Å²) in [5.74, 6) is 0.736. The van der Waals surface area contributed by atoms with Gasteiger partial charge in [0.1, 0.15) is 4.21 Å². The third-order valence-electron chi connectivity index (χ3n) is 2.11. The molecule has 1 unspecified atom stereocenters. The van der Waals surface area contributed by atoms with Crippen LogP contribution in [0.4, 0.5) is 0 Å². The van der Waals surface area contributed by atoms with Gasteiger partial charge >= 0.3 is 0 Å². The van der Waals surface area contributed by atoms with Gasteiger partial charge in [-0.05, 0) is 34.3 Å². The van der Waals surface area contributed by atoms with E-state index in [2.05, 4.69) is 20.7 Å². The van der Waals surface area contributed by atoms with E-state index in [-0.39, 0.29) is 10.1 Å². The molecule has 0 aliphatic heterocycles. The third-order valence-corrected chi connectivity index (χ3v) is 6.70. The Balaban J connectivity index is 2.69. The predicted molar refractivity (Wildman–Crippen MR) is 76.7 cm³/mol. The van der Waals surface area contributed by atoms with Crippen molar-refractivity contribution in [2.75, 3.05) is 12.4 Å². The highest BCUT2D eigenvalue weighted by Gasteiger charge is 2.19. The average molecular weight is 381 g/mol. The zero-order chi connectivity index (χ0) is 13.1. The van der Waals surface area contributed by atoms with Gasteiger partial charge in [-0.25, -0.2) is 13.1 Å². The molecule has 1 heterocycles. The largest absolute Gasteiger partial charge is 0.250 e. The van der Waals surface area contributed by atoms with Crippen LogP contribution in [0.5, 0.6) is 0 Å². The quantitative estimate of drug-likeness (QED) is 0.764. The van der Waals surface area contributed by atoms with Crippen LogP contribution in [0.15, 0.2) is 14.1 Å². The molecular formula is C9H12BrCl2NO2S2. The number of halogens is 3. The summed E-state index contributed by atoms with van der Waals surface area (Å²) >= 11 is 15.7. The van der Waals surface area contributed by atoms with Gasteiger partial charge in [-0.2, -0.15) is 0 Å². The molecule has 0 saturated heterocycles. The van der Waals surface area contributed by atoms with Crippen LogP contribution in [-0.2, 0) is 10.0 Å². The number of hydrogen-bond donors (Lipinski definition) is 1. The lowest BCUT2D eigenvalue weighted by atomic mass is 10.1. The van der Waals surface area contributed by atoms with E-state index in [1.807, 2.05) is 6.92 Å². The van der Waals surface area contributed by atoms with Gasteiger partial charge in [0.15, 0.2) is 0 Å². The minimum atomic E-state index is -3.46. The minimum absolute atomic E-state index is 0.209. The maximum Gasteiger partial charge on any atom is 0.250 e. The molecule has 0 aromatic carbocycles. The average Bonchev–Trinajstić information content (AvgIpc) is 2.58. The van der Waals surface area contributed by atoms with Crippen molar-refractivity contribution in [2.24, 2.45) is 5.92 Å². The Kier molecular flexibility index (Phi) is 6.22. The monoisotopic (exact) mass is 379 g/mol. The number of sulfonamides is 1. The fourth-order valence-electron chi connectivity index (χ4n) is 1.07. The predicted octanol–water partition coefficient (Wildman–Crippen LogP) is 3.71. The Labute approximate surface area is 124 Å². The zero-order valence-electron chi connectivity index (χ0n) is 9.04. The Morgan fingerprint density at radius 2 is 2.24 bits per heavy atom. The highest BCUT2D eigenvalue weighted by molar-refractivity contribution is 9.11. The molecule has 1 aromatic heterocycles. The summed E-state index contributed by atoms with van der Waals surface area (Å²) in [7, 11) is -3.46. The van der Waals surface area contributed by atoms with Gasteiger partial charge in [0.25, 0.3) is 0 Å². The molecule has 0 amide bonds. The van der Waals surface area contributed by atoms with Gasteiger partial charge in [0.2, 0.25) is 10.0 Å². The second-order valence-electron chi connectivity index (χ2n) is 3.62. The van der Waals surface area contributed by atoms with Crippen LogP contribution in [0.3, 0.4) is 0 Å². The van der Waals surface area contributed by atoms with E-state index < -0.39 is 10.0 Å². The van der Waals surface area contributed by atoms with Gasteiger partial charge in [0, 0.05) is 12.4 Å². The standard InChI is InChI=1S/C9H12BrCl2NO2S2/c1-6(2-3-11)5-13-17(14,15)8-4-7(12)9(10)16-8/h4,6,13H,2-3,5H2,1H3. The lowest BCUT2D eigenvalue weighted by molar-refractivity contribution is 0.531. The first-order valence-corrected chi connectivity index (χ1v) is 8.87. The summed E-state index contributed by atoms with van der Waals surface area (Å²) in [5.41, 5.74) is 0. The first-order valence-electron chi connectivity index (χ1n) is 4.87. The third kappa shape index (κ3) is 4.69. The van der Waals surface area contributed by atoms with E-state index in [1.54, 1.807) is 0 Å². The SMILES string of the molecule is CC(CCCl)CNS(=O)(=O)c1cc(Cl)c(Br)s1. The van der Waals surface area contributed by atoms with Crippen molar-refractivity contribution in [1.29, 1.82) is 0 Å². The van der Waals surface area contributed by atoms with Crippen molar-refractivity contribution in [3.63, 3.8) is 0 Å². The fourth-order valence-corrected chi connectivity index (χ4v) is 5.05. The molecular weight excluding hydrogens is 369 g/mol. The van der Waals surface area contributed by atoms with Gasteiger partial charge < -0.3 is 0 Å².